The molecule has 0 bridgehead atoms. The number of benzene rings is 2. The monoisotopic (exact) mass is 416 g/mol. The third-order valence-electron chi connectivity index (χ3n) is 3.92. The van der Waals surface area contributed by atoms with Crippen LogP contribution in [0.15, 0.2) is 41.3 Å². The van der Waals surface area contributed by atoms with E-state index in [4.69, 9.17) is 16.3 Å². The molecule has 0 aromatic heterocycles. The molecule has 0 unspecified atom stereocenters. The average molecular weight is 417 g/mol. The molecule has 1 fully saturated rings. The fourth-order valence-corrected chi connectivity index (χ4v) is 3.46. The van der Waals surface area contributed by atoms with Crippen LogP contribution in [0.3, 0.4) is 0 Å². The van der Waals surface area contributed by atoms with Gasteiger partial charge in [-0.05, 0) is 61.5 Å². The Morgan fingerprint density at radius 1 is 1.21 bits per heavy atom. The maximum Gasteiger partial charge on any atom is 0.290 e. The Balaban J connectivity index is 1.72. The molecule has 0 spiro atoms. The van der Waals surface area contributed by atoms with Crippen molar-refractivity contribution < 1.29 is 19.1 Å². The zero-order valence-electron chi connectivity index (χ0n) is 15.2. The summed E-state index contributed by atoms with van der Waals surface area (Å²) in [5, 5.41) is 5.00. The summed E-state index contributed by atoms with van der Waals surface area (Å²) < 4.78 is 5.62. The van der Waals surface area contributed by atoms with Gasteiger partial charge in [-0.3, -0.25) is 19.7 Å². The number of amides is 3. The lowest BCUT2D eigenvalue weighted by molar-refractivity contribution is -0.118. The van der Waals surface area contributed by atoms with E-state index in [-0.39, 0.29) is 17.4 Å². The molecular formula is C20H17ClN2O4S. The summed E-state index contributed by atoms with van der Waals surface area (Å²) in [5.41, 5.74) is 3.28. The van der Waals surface area contributed by atoms with Crippen LogP contribution >= 0.6 is 23.4 Å². The van der Waals surface area contributed by atoms with Crippen molar-refractivity contribution in [2.45, 2.75) is 13.8 Å². The first-order valence-electron chi connectivity index (χ1n) is 8.36. The highest BCUT2D eigenvalue weighted by atomic mass is 35.5. The van der Waals surface area contributed by atoms with Gasteiger partial charge in [0.2, 0.25) is 0 Å². The molecule has 1 aliphatic heterocycles. The fourth-order valence-electron chi connectivity index (χ4n) is 2.61. The van der Waals surface area contributed by atoms with E-state index in [1.165, 1.54) is 6.08 Å². The lowest BCUT2D eigenvalue weighted by Crippen LogP contribution is -2.21. The summed E-state index contributed by atoms with van der Waals surface area (Å²) in [6.07, 6.45) is 1.51. The largest absolute Gasteiger partial charge is 0.483 e. The van der Waals surface area contributed by atoms with E-state index in [2.05, 4.69) is 10.6 Å². The van der Waals surface area contributed by atoms with Gasteiger partial charge >= 0.3 is 0 Å². The van der Waals surface area contributed by atoms with Gasteiger partial charge in [-0.2, -0.15) is 0 Å². The van der Waals surface area contributed by atoms with E-state index in [9.17, 15) is 14.4 Å². The van der Waals surface area contributed by atoms with Crippen LogP contribution < -0.4 is 15.4 Å². The lowest BCUT2D eigenvalue weighted by atomic mass is 10.1. The molecule has 6 nitrogen and oxygen atoms in total. The van der Waals surface area contributed by atoms with Crippen LogP contribution in [-0.4, -0.2) is 23.7 Å². The summed E-state index contributed by atoms with van der Waals surface area (Å²) in [6, 6.07) is 10.6. The molecule has 2 aromatic rings. The smallest absolute Gasteiger partial charge is 0.290 e. The number of nitrogens with one attached hydrogen (secondary N) is 2. The third kappa shape index (κ3) is 4.94. The Labute approximate surface area is 171 Å². The normalized spacial score (nSPS) is 14.9. The van der Waals surface area contributed by atoms with Crippen LogP contribution in [0.25, 0.3) is 6.08 Å². The molecule has 144 valence electrons. The summed E-state index contributed by atoms with van der Waals surface area (Å²) >= 11 is 6.82. The lowest BCUT2D eigenvalue weighted by Gasteiger charge is -2.12. The molecule has 2 aromatic carbocycles. The van der Waals surface area contributed by atoms with Gasteiger partial charge in [0, 0.05) is 16.3 Å². The number of hydrogen-bond acceptors (Lipinski definition) is 5. The number of carbonyl (C=O) groups is 3. The van der Waals surface area contributed by atoms with Gasteiger partial charge in [0.1, 0.15) is 5.75 Å². The quantitative estimate of drug-likeness (QED) is 0.710. The van der Waals surface area contributed by atoms with Crippen molar-refractivity contribution in [2.24, 2.45) is 0 Å². The van der Waals surface area contributed by atoms with Crippen LogP contribution in [0.1, 0.15) is 16.7 Å². The maximum atomic E-state index is 12.3. The topological polar surface area (TPSA) is 84.5 Å². The SMILES string of the molecule is Cc1ccc(NC(=O)COc2ccc(Cl)cc2/C=C2\SC(=O)NC2=O)c(C)c1. The molecule has 28 heavy (non-hydrogen) atoms. The molecule has 3 rings (SSSR count). The molecule has 1 saturated heterocycles. The predicted octanol–water partition coefficient (Wildman–Crippen LogP) is 4.30. The Hall–Kier alpha value is -2.77. The Kier molecular flexibility index (Phi) is 6.06. The van der Waals surface area contributed by atoms with Crippen molar-refractivity contribution >= 4 is 52.2 Å². The second-order valence-electron chi connectivity index (χ2n) is 6.19. The molecule has 2 N–H and O–H groups in total. The predicted molar refractivity (Wildman–Crippen MR) is 111 cm³/mol. The van der Waals surface area contributed by atoms with E-state index in [0.29, 0.717) is 16.3 Å². The first kappa shape index (κ1) is 20.0. The molecule has 0 atom stereocenters. The van der Waals surface area contributed by atoms with Crippen LogP contribution in [0.2, 0.25) is 5.02 Å². The zero-order chi connectivity index (χ0) is 20.3. The number of rotatable bonds is 5. The van der Waals surface area contributed by atoms with Gasteiger partial charge in [-0.15, -0.1) is 0 Å². The van der Waals surface area contributed by atoms with E-state index >= 15 is 0 Å². The summed E-state index contributed by atoms with van der Waals surface area (Å²) in [7, 11) is 0. The van der Waals surface area contributed by atoms with E-state index < -0.39 is 11.1 Å². The van der Waals surface area contributed by atoms with Gasteiger partial charge in [-0.1, -0.05) is 29.3 Å². The molecule has 3 amide bonds. The number of aryl methyl sites for hydroxylation is 2. The van der Waals surface area contributed by atoms with Crippen molar-refractivity contribution in [2.75, 3.05) is 11.9 Å². The third-order valence-corrected chi connectivity index (χ3v) is 4.96. The van der Waals surface area contributed by atoms with Crippen LogP contribution in [0.4, 0.5) is 10.5 Å². The van der Waals surface area contributed by atoms with E-state index in [0.717, 1.165) is 28.6 Å². The molecular weight excluding hydrogens is 400 g/mol. The Morgan fingerprint density at radius 3 is 2.68 bits per heavy atom. The van der Waals surface area contributed by atoms with Crippen molar-refractivity contribution in [1.82, 2.24) is 5.32 Å². The zero-order valence-corrected chi connectivity index (χ0v) is 16.7. The van der Waals surface area contributed by atoms with Gasteiger partial charge in [0.15, 0.2) is 6.61 Å². The number of anilines is 1. The van der Waals surface area contributed by atoms with Crippen LogP contribution in [0, 0.1) is 13.8 Å². The van der Waals surface area contributed by atoms with Crippen molar-refractivity contribution in [3.63, 3.8) is 0 Å². The number of hydrogen-bond donors (Lipinski definition) is 2. The average Bonchev–Trinajstić information content (AvgIpc) is 2.94. The molecule has 1 heterocycles. The molecule has 1 aliphatic rings. The number of halogens is 1. The minimum absolute atomic E-state index is 0.219. The second-order valence-corrected chi connectivity index (χ2v) is 7.64. The molecule has 0 radical (unpaired) electrons. The standard InChI is InChI=1S/C20H17ClN2O4S/c1-11-3-5-15(12(2)7-11)22-18(24)10-27-16-6-4-14(21)8-13(16)9-17-19(25)23-20(26)28-17/h3-9H,10H2,1-2H3,(H,22,24)(H,23,25,26)/b17-9-. The summed E-state index contributed by atoms with van der Waals surface area (Å²) in [5.74, 6) is -0.419. The summed E-state index contributed by atoms with van der Waals surface area (Å²) in [4.78, 5) is 35.6. The molecule has 8 heteroatoms. The Morgan fingerprint density at radius 2 is 2.00 bits per heavy atom. The first-order chi connectivity index (χ1) is 13.3. The van der Waals surface area contributed by atoms with Crippen molar-refractivity contribution in [3.8, 4) is 5.75 Å². The maximum absolute atomic E-state index is 12.3. The minimum Gasteiger partial charge on any atom is -0.483 e. The number of imide groups is 1. The highest BCUT2D eigenvalue weighted by molar-refractivity contribution is 8.18. The molecule has 0 saturated carbocycles. The van der Waals surface area contributed by atoms with Gasteiger partial charge in [-0.25, -0.2) is 0 Å². The number of ether oxygens (including phenoxy) is 1. The number of thioether (sulfide) groups is 1. The van der Waals surface area contributed by atoms with Gasteiger partial charge < -0.3 is 10.1 Å². The summed E-state index contributed by atoms with van der Waals surface area (Å²) in [6.45, 7) is 3.68. The minimum atomic E-state index is -0.478. The van der Waals surface area contributed by atoms with Crippen LogP contribution in [-0.2, 0) is 9.59 Å². The highest BCUT2D eigenvalue weighted by Gasteiger charge is 2.25. The molecule has 0 aliphatic carbocycles. The first-order valence-corrected chi connectivity index (χ1v) is 9.55. The van der Waals surface area contributed by atoms with Crippen molar-refractivity contribution in [1.29, 1.82) is 0 Å². The highest BCUT2D eigenvalue weighted by Crippen LogP contribution is 2.30. The fraction of sp³-hybridized carbons (Fsp3) is 0.150. The number of carbonyl (C=O) groups excluding carboxylic acids is 3. The van der Waals surface area contributed by atoms with Crippen molar-refractivity contribution in [3.05, 3.63) is 63.0 Å². The van der Waals surface area contributed by atoms with Gasteiger partial charge in [0.05, 0.1) is 4.91 Å². The Bertz CT molecular complexity index is 1000. The van der Waals surface area contributed by atoms with Gasteiger partial charge in [0.25, 0.3) is 17.1 Å². The van der Waals surface area contributed by atoms with E-state index in [1.807, 2.05) is 32.0 Å². The second kappa shape index (κ2) is 8.50. The van der Waals surface area contributed by atoms with Crippen LogP contribution in [0.5, 0.6) is 5.75 Å². The van der Waals surface area contributed by atoms with E-state index in [1.54, 1.807) is 18.2 Å².